The van der Waals surface area contributed by atoms with E-state index in [1.54, 1.807) is 6.07 Å². The maximum atomic E-state index is 13.1. The zero-order valence-electron chi connectivity index (χ0n) is 19.8. The number of allylic oxidation sites excluding steroid dienone is 1. The Bertz CT molecular complexity index is 1420. The van der Waals surface area contributed by atoms with Crippen LogP contribution in [0.25, 0.3) is 22.7 Å². The Morgan fingerprint density at radius 2 is 1.74 bits per heavy atom. The van der Waals surface area contributed by atoms with Gasteiger partial charge < -0.3 is 9.47 Å². The van der Waals surface area contributed by atoms with Gasteiger partial charge in [-0.3, -0.25) is 9.36 Å². The van der Waals surface area contributed by atoms with E-state index in [4.69, 9.17) is 26.1 Å². The van der Waals surface area contributed by atoms with Crippen molar-refractivity contribution in [3.8, 4) is 5.69 Å². The van der Waals surface area contributed by atoms with Crippen molar-refractivity contribution < 1.29 is 9.47 Å². The molecule has 1 aromatic heterocycles. The molecular weight excluding hydrogens is 460 g/mol. The fourth-order valence-electron chi connectivity index (χ4n) is 6.90. The molecule has 0 unspecified atom stereocenters. The summed E-state index contributed by atoms with van der Waals surface area (Å²) in [6.07, 6.45) is 11.8. The minimum absolute atomic E-state index is 0.208. The summed E-state index contributed by atoms with van der Waals surface area (Å²) < 4.78 is 14.0. The molecule has 6 heteroatoms. The van der Waals surface area contributed by atoms with Gasteiger partial charge in [-0.2, -0.15) is 4.98 Å². The highest BCUT2D eigenvalue weighted by Gasteiger charge is 2.46. The lowest BCUT2D eigenvalue weighted by Crippen LogP contribution is -2.33. The fraction of sp³-hybridized carbons (Fsp3) is 0.448. The molecule has 5 nitrogen and oxygen atoms in total. The molecule has 2 saturated carbocycles. The van der Waals surface area contributed by atoms with E-state index in [1.165, 1.54) is 23.1 Å². The molecule has 3 aromatic rings. The van der Waals surface area contributed by atoms with Crippen molar-refractivity contribution in [2.75, 3.05) is 13.2 Å². The highest BCUT2D eigenvalue weighted by Crippen LogP contribution is 2.52. The molecular formula is C29H29ClN2O3. The van der Waals surface area contributed by atoms with Gasteiger partial charge >= 0.3 is 0 Å². The highest BCUT2D eigenvalue weighted by atomic mass is 35.5. The van der Waals surface area contributed by atoms with E-state index in [2.05, 4.69) is 28.8 Å². The molecule has 0 amide bonds. The van der Waals surface area contributed by atoms with Crippen LogP contribution in [0, 0.1) is 0 Å². The maximum Gasteiger partial charge on any atom is 0.282 e. The molecule has 0 N–H and O–H groups in total. The molecule has 7 rings (SSSR count). The molecule has 2 aliphatic carbocycles. The third kappa shape index (κ3) is 3.28. The van der Waals surface area contributed by atoms with Crippen LogP contribution < -0.4 is 5.56 Å². The van der Waals surface area contributed by atoms with Crippen LogP contribution in [0.1, 0.15) is 74.7 Å². The van der Waals surface area contributed by atoms with Crippen molar-refractivity contribution >= 4 is 28.6 Å². The Balaban J connectivity index is 1.35. The first kappa shape index (κ1) is 21.8. The van der Waals surface area contributed by atoms with Crippen molar-refractivity contribution in [1.82, 2.24) is 9.55 Å². The molecule has 0 atom stereocenters. The second-order valence-corrected chi connectivity index (χ2v) is 10.9. The van der Waals surface area contributed by atoms with Crippen molar-refractivity contribution in [2.45, 2.75) is 69.0 Å². The van der Waals surface area contributed by atoms with Gasteiger partial charge in [0.1, 0.15) is 5.82 Å². The molecule has 35 heavy (non-hydrogen) atoms. The summed E-state index contributed by atoms with van der Waals surface area (Å²) in [7, 11) is 0. The summed E-state index contributed by atoms with van der Waals surface area (Å²) in [4.78, 5) is 17.8. The van der Waals surface area contributed by atoms with Gasteiger partial charge in [-0.1, -0.05) is 54.6 Å². The van der Waals surface area contributed by atoms with Crippen LogP contribution in [0.15, 0.2) is 46.8 Å². The van der Waals surface area contributed by atoms with Crippen LogP contribution in [0.5, 0.6) is 0 Å². The molecule has 1 saturated heterocycles. The van der Waals surface area contributed by atoms with Gasteiger partial charge in [0, 0.05) is 12.8 Å². The summed E-state index contributed by atoms with van der Waals surface area (Å²) in [6.45, 7) is 1.42. The predicted octanol–water partition coefficient (Wildman–Crippen LogP) is 6.30. The number of halogens is 1. The SMILES string of the molecule is O=c1nc2n(c3cccc(Cl)c13)-c1ccc(C=C3CCC4(CC3)OCCO4)cc1C21CCCCC1. The number of hydrogen-bond acceptors (Lipinski definition) is 4. The minimum atomic E-state index is -0.344. The first-order valence-corrected chi connectivity index (χ1v) is 13.3. The van der Waals surface area contributed by atoms with E-state index in [-0.39, 0.29) is 16.8 Å². The molecule has 0 radical (unpaired) electrons. The number of hydrogen-bond donors (Lipinski definition) is 0. The first-order chi connectivity index (χ1) is 17.1. The smallest absolute Gasteiger partial charge is 0.282 e. The standard InChI is InChI=1S/C29H29ClN2O3/c30-22-5-4-6-24-25(22)26(33)31-27-28(11-2-1-3-12-28)21-18-20(7-8-23(21)32(24)27)17-19-9-13-29(14-10-19)34-15-16-35-29/h4-8,17-18H,1-3,9-16H2. The van der Waals surface area contributed by atoms with Gasteiger partial charge in [-0.15, -0.1) is 0 Å². The summed E-state index contributed by atoms with van der Waals surface area (Å²) in [5.74, 6) is 0.552. The topological polar surface area (TPSA) is 53.4 Å². The van der Waals surface area contributed by atoms with Gasteiger partial charge in [0.15, 0.2) is 5.79 Å². The summed E-state index contributed by atoms with van der Waals surface area (Å²) in [5, 5.41) is 0.975. The van der Waals surface area contributed by atoms with Crippen molar-refractivity contribution in [1.29, 1.82) is 0 Å². The predicted molar refractivity (Wildman–Crippen MR) is 137 cm³/mol. The zero-order valence-corrected chi connectivity index (χ0v) is 20.6. The first-order valence-electron chi connectivity index (χ1n) is 12.9. The quantitative estimate of drug-likeness (QED) is 0.403. The molecule has 3 fully saturated rings. The van der Waals surface area contributed by atoms with Gasteiger partial charge in [0.2, 0.25) is 0 Å². The van der Waals surface area contributed by atoms with Gasteiger partial charge in [-0.25, -0.2) is 0 Å². The Morgan fingerprint density at radius 1 is 0.971 bits per heavy atom. The Morgan fingerprint density at radius 3 is 2.51 bits per heavy atom. The molecule has 2 aromatic carbocycles. The van der Waals surface area contributed by atoms with Gasteiger partial charge in [0.05, 0.1) is 40.2 Å². The number of nitrogens with zero attached hydrogens (tertiary/aromatic N) is 2. The average Bonchev–Trinajstić information content (AvgIpc) is 3.43. The van der Waals surface area contributed by atoms with Crippen LogP contribution in [-0.2, 0) is 14.9 Å². The van der Waals surface area contributed by atoms with E-state index in [1.807, 2.05) is 12.1 Å². The van der Waals surface area contributed by atoms with Crippen molar-refractivity contribution in [3.63, 3.8) is 0 Å². The number of aromatic nitrogens is 2. The summed E-state index contributed by atoms with van der Waals surface area (Å²) in [5.41, 5.74) is 5.55. The van der Waals surface area contributed by atoms with Crippen LogP contribution in [0.2, 0.25) is 5.02 Å². The molecule has 0 bridgehead atoms. The van der Waals surface area contributed by atoms with Crippen LogP contribution >= 0.6 is 11.6 Å². The molecule has 4 aliphatic rings. The summed E-state index contributed by atoms with van der Waals surface area (Å²) in [6, 6.07) is 12.5. The zero-order chi connectivity index (χ0) is 23.6. The van der Waals surface area contributed by atoms with Crippen molar-refractivity contribution in [3.05, 3.63) is 74.3 Å². The average molecular weight is 489 g/mol. The second kappa shape index (κ2) is 8.02. The lowest BCUT2D eigenvalue weighted by atomic mass is 9.69. The normalized spacial score (nSPS) is 22.0. The highest BCUT2D eigenvalue weighted by molar-refractivity contribution is 6.35. The van der Waals surface area contributed by atoms with E-state index in [0.717, 1.165) is 68.4 Å². The van der Waals surface area contributed by atoms with E-state index in [9.17, 15) is 4.79 Å². The van der Waals surface area contributed by atoms with Crippen LogP contribution in [0.4, 0.5) is 0 Å². The third-order valence-corrected chi connectivity index (χ3v) is 8.93. The third-order valence-electron chi connectivity index (χ3n) is 8.62. The number of rotatable bonds is 1. The van der Waals surface area contributed by atoms with Crippen molar-refractivity contribution in [2.24, 2.45) is 0 Å². The second-order valence-electron chi connectivity index (χ2n) is 10.5. The molecule has 3 heterocycles. The van der Waals surface area contributed by atoms with E-state index in [0.29, 0.717) is 23.6 Å². The number of benzene rings is 2. The minimum Gasteiger partial charge on any atom is -0.348 e. The van der Waals surface area contributed by atoms with Crippen LogP contribution in [0.3, 0.4) is 0 Å². The number of ether oxygens (including phenoxy) is 2. The fourth-order valence-corrected chi connectivity index (χ4v) is 7.15. The Kier molecular flexibility index (Phi) is 4.99. The Hall–Kier alpha value is -2.47. The monoisotopic (exact) mass is 488 g/mol. The lowest BCUT2D eigenvalue weighted by molar-refractivity contribution is -0.171. The number of fused-ring (bicyclic) bond motifs is 7. The van der Waals surface area contributed by atoms with Crippen LogP contribution in [-0.4, -0.2) is 28.6 Å². The molecule has 2 spiro atoms. The largest absolute Gasteiger partial charge is 0.348 e. The maximum absolute atomic E-state index is 13.1. The Labute approximate surface area is 209 Å². The lowest BCUT2D eigenvalue weighted by Gasteiger charge is -2.34. The van der Waals surface area contributed by atoms with E-state index >= 15 is 0 Å². The molecule has 2 aliphatic heterocycles. The molecule has 180 valence electrons. The summed E-state index contributed by atoms with van der Waals surface area (Å²) >= 11 is 6.47. The van der Waals surface area contributed by atoms with Gasteiger partial charge in [0.25, 0.3) is 5.56 Å². The van der Waals surface area contributed by atoms with Gasteiger partial charge in [-0.05, 0) is 61.1 Å². The van der Waals surface area contributed by atoms with E-state index < -0.39 is 0 Å².